The summed E-state index contributed by atoms with van der Waals surface area (Å²) in [5.74, 6) is -1.37. The number of nitrogens with zero attached hydrogens (tertiary/aromatic N) is 1. The maximum atomic E-state index is 10.7. The highest BCUT2D eigenvalue weighted by atomic mass is 16.6. The molecule has 5 heteroatoms. The van der Waals surface area contributed by atoms with Crippen LogP contribution in [0.2, 0.25) is 0 Å². The lowest BCUT2D eigenvalue weighted by atomic mass is 10.1. The van der Waals surface area contributed by atoms with Crippen LogP contribution in [-0.4, -0.2) is 22.0 Å². The number of carboxylic acid groups (broad SMARTS) is 1. The summed E-state index contributed by atoms with van der Waals surface area (Å²) in [5, 5.41) is 19.3. The Labute approximate surface area is 157 Å². The third-order valence-corrected chi connectivity index (χ3v) is 3.93. The van der Waals surface area contributed by atoms with Crippen molar-refractivity contribution in [1.82, 2.24) is 0 Å². The highest BCUT2D eigenvalue weighted by molar-refractivity contribution is 5.71. The lowest BCUT2D eigenvalue weighted by molar-refractivity contribution is -0.510. The molecule has 26 heavy (non-hydrogen) atoms. The molecule has 0 aromatic rings. The van der Waals surface area contributed by atoms with E-state index in [9.17, 15) is 14.9 Å². The predicted molar refractivity (Wildman–Crippen MR) is 107 cm³/mol. The SMILES string of the molecule is CCCCCC=CCC=CCC=CCC(C)=CCCC(C(=O)O)[N+](=O)[O-]. The summed E-state index contributed by atoms with van der Waals surface area (Å²) in [5.41, 5.74) is 1.09. The second kappa shape index (κ2) is 16.3. The largest absolute Gasteiger partial charge is 0.476 e. The molecule has 0 bridgehead atoms. The van der Waals surface area contributed by atoms with E-state index < -0.39 is 16.9 Å². The van der Waals surface area contributed by atoms with Crippen molar-refractivity contribution in [2.24, 2.45) is 0 Å². The summed E-state index contributed by atoms with van der Waals surface area (Å²) in [4.78, 5) is 20.6. The van der Waals surface area contributed by atoms with E-state index in [-0.39, 0.29) is 6.42 Å². The fourth-order valence-corrected chi connectivity index (χ4v) is 2.33. The molecule has 0 spiro atoms. The first-order valence-corrected chi connectivity index (χ1v) is 9.46. The third-order valence-electron chi connectivity index (χ3n) is 3.93. The molecule has 1 N–H and O–H groups in total. The Hall–Kier alpha value is -2.17. The quantitative estimate of drug-likeness (QED) is 0.171. The Morgan fingerprint density at radius 1 is 1.04 bits per heavy atom. The molecule has 0 saturated carbocycles. The van der Waals surface area contributed by atoms with Gasteiger partial charge in [0.2, 0.25) is 0 Å². The summed E-state index contributed by atoms with van der Waals surface area (Å²) < 4.78 is 0. The van der Waals surface area contributed by atoms with E-state index in [1.54, 1.807) is 0 Å². The molecule has 0 rings (SSSR count). The maximum Gasteiger partial charge on any atom is 0.379 e. The van der Waals surface area contributed by atoms with Gasteiger partial charge >= 0.3 is 12.0 Å². The number of carbonyl (C=O) groups is 1. The molecule has 0 aromatic heterocycles. The Bertz CT molecular complexity index is 504. The average molecular weight is 363 g/mol. The number of rotatable bonds is 15. The monoisotopic (exact) mass is 363 g/mol. The van der Waals surface area contributed by atoms with Crippen molar-refractivity contribution in [3.05, 3.63) is 58.2 Å². The minimum Gasteiger partial charge on any atom is -0.476 e. The van der Waals surface area contributed by atoms with Gasteiger partial charge in [0.1, 0.15) is 0 Å². The summed E-state index contributed by atoms with van der Waals surface area (Å²) >= 11 is 0. The van der Waals surface area contributed by atoms with E-state index >= 15 is 0 Å². The van der Waals surface area contributed by atoms with Crippen LogP contribution >= 0.6 is 0 Å². The van der Waals surface area contributed by atoms with Gasteiger partial charge in [-0.15, -0.1) is 0 Å². The minimum atomic E-state index is -1.51. The molecular weight excluding hydrogens is 330 g/mol. The van der Waals surface area contributed by atoms with Crippen LogP contribution in [0.5, 0.6) is 0 Å². The number of hydrogen-bond acceptors (Lipinski definition) is 3. The van der Waals surface area contributed by atoms with Crippen LogP contribution in [-0.2, 0) is 4.79 Å². The van der Waals surface area contributed by atoms with Crippen LogP contribution < -0.4 is 0 Å². The van der Waals surface area contributed by atoms with Crippen molar-refractivity contribution >= 4 is 5.97 Å². The van der Waals surface area contributed by atoms with Crippen LogP contribution in [0.4, 0.5) is 0 Å². The molecule has 0 fully saturated rings. The van der Waals surface area contributed by atoms with Crippen molar-refractivity contribution in [2.75, 3.05) is 0 Å². The van der Waals surface area contributed by atoms with Gasteiger partial charge in [-0.1, -0.05) is 67.9 Å². The van der Waals surface area contributed by atoms with Gasteiger partial charge in [-0.05, 0) is 45.4 Å². The first-order chi connectivity index (χ1) is 12.5. The van der Waals surface area contributed by atoms with E-state index in [1.165, 1.54) is 25.7 Å². The van der Waals surface area contributed by atoms with Gasteiger partial charge in [0, 0.05) is 11.3 Å². The first kappa shape index (κ1) is 23.8. The van der Waals surface area contributed by atoms with E-state index in [0.717, 1.165) is 24.8 Å². The molecular formula is C21H33NO4. The lowest BCUT2D eigenvalue weighted by Gasteiger charge is -2.02. The smallest absolute Gasteiger partial charge is 0.379 e. The van der Waals surface area contributed by atoms with Gasteiger partial charge in [-0.3, -0.25) is 10.1 Å². The van der Waals surface area contributed by atoms with Crippen LogP contribution in [0.15, 0.2) is 48.1 Å². The second-order valence-corrected chi connectivity index (χ2v) is 6.35. The molecule has 0 radical (unpaired) electrons. The third kappa shape index (κ3) is 14.2. The van der Waals surface area contributed by atoms with E-state index in [1.807, 2.05) is 13.0 Å². The van der Waals surface area contributed by atoms with E-state index in [4.69, 9.17) is 5.11 Å². The molecule has 0 amide bonds. The molecule has 0 aromatic carbocycles. The number of nitro groups is 1. The van der Waals surface area contributed by atoms with Gasteiger partial charge in [-0.2, -0.15) is 0 Å². The highest BCUT2D eigenvalue weighted by Gasteiger charge is 2.27. The summed E-state index contributed by atoms with van der Waals surface area (Å²) in [6.45, 7) is 4.16. The van der Waals surface area contributed by atoms with Crippen LogP contribution in [0.1, 0.15) is 71.6 Å². The van der Waals surface area contributed by atoms with Gasteiger partial charge in [0.15, 0.2) is 0 Å². The summed E-state index contributed by atoms with van der Waals surface area (Å²) in [6, 6.07) is -1.51. The minimum absolute atomic E-state index is 0.0259. The Balaban J connectivity index is 3.87. The standard InChI is InChI=1S/C21H33NO4/c1-3-4-5-6-7-8-9-10-11-12-13-14-16-19(2)17-15-18-20(21(23)24)22(25)26/h7-8,10-11,13-14,17,20H,3-6,9,12,15-16,18H2,1-2H3,(H,23,24). The van der Waals surface area contributed by atoms with Crippen LogP contribution in [0.3, 0.4) is 0 Å². The van der Waals surface area contributed by atoms with Crippen molar-refractivity contribution in [1.29, 1.82) is 0 Å². The van der Waals surface area contributed by atoms with Crippen LogP contribution in [0, 0.1) is 10.1 Å². The zero-order valence-corrected chi connectivity index (χ0v) is 16.1. The average Bonchev–Trinajstić information content (AvgIpc) is 2.59. The highest BCUT2D eigenvalue weighted by Crippen LogP contribution is 2.08. The fraction of sp³-hybridized carbons (Fsp3) is 0.571. The van der Waals surface area contributed by atoms with Crippen molar-refractivity contribution < 1.29 is 14.8 Å². The Kier molecular flexibility index (Phi) is 14.9. The predicted octanol–water partition coefficient (Wildman–Crippen LogP) is 5.86. The summed E-state index contributed by atoms with van der Waals surface area (Å²) in [7, 11) is 0. The van der Waals surface area contributed by atoms with Crippen LogP contribution in [0.25, 0.3) is 0 Å². The molecule has 0 aliphatic rings. The number of hydrogen-bond donors (Lipinski definition) is 1. The Morgan fingerprint density at radius 3 is 2.23 bits per heavy atom. The van der Waals surface area contributed by atoms with Crippen molar-refractivity contribution in [3.63, 3.8) is 0 Å². The number of unbranched alkanes of at least 4 members (excludes halogenated alkanes) is 3. The Morgan fingerprint density at radius 2 is 1.65 bits per heavy atom. The van der Waals surface area contributed by atoms with Gasteiger partial charge < -0.3 is 5.11 Å². The van der Waals surface area contributed by atoms with E-state index in [0.29, 0.717) is 6.42 Å². The molecule has 0 aliphatic heterocycles. The molecule has 146 valence electrons. The van der Waals surface area contributed by atoms with Gasteiger partial charge in [0.25, 0.3) is 0 Å². The van der Waals surface area contributed by atoms with Gasteiger partial charge in [0.05, 0.1) is 0 Å². The number of aliphatic carboxylic acids is 1. The number of carboxylic acids is 1. The van der Waals surface area contributed by atoms with Gasteiger partial charge in [-0.25, -0.2) is 4.79 Å². The van der Waals surface area contributed by atoms with Crippen molar-refractivity contribution in [3.8, 4) is 0 Å². The lowest BCUT2D eigenvalue weighted by Crippen LogP contribution is -2.28. The number of allylic oxidation sites excluding steroid dienone is 8. The molecule has 5 nitrogen and oxygen atoms in total. The molecule has 0 aliphatic carbocycles. The second-order valence-electron chi connectivity index (χ2n) is 6.35. The first-order valence-electron chi connectivity index (χ1n) is 9.46. The normalized spacial score (nSPS) is 13.8. The summed E-state index contributed by atoms with van der Waals surface area (Å²) in [6.07, 6.45) is 22.9. The maximum absolute atomic E-state index is 10.7. The zero-order chi connectivity index (χ0) is 19.6. The molecule has 1 unspecified atom stereocenters. The molecule has 0 heterocycles. The molecule has 0 saturated heterocycles. The van der Waals surface area contributed by atoms with E-state index in [2.05, 4.69) is 43.4 Å². The molecule has 1 atom stereocenters. The van der Waals surface area contributed by atoms with Crippen molar-refractivity contribution in [2.45, 2.75) is 77.7 Å². The fourth-order valence-electron chi connectivity index (χ4n) is 2.33. The topological polar surface area (TPSA) is 80.4 Å². The zero-order valence-electron chi connectivity index (χ0n) is 16.1.